The van der Waals surface area contributed by atoms with Gasteiger partial charge in [0.05, 0.1) is 0 Å². The fraction of sp³-hybridized carbons (Fsp3) is 0.103. The van der Waals surface area contributed by atoms with E-state index in [0.29, 0.717) is 5.92 Å². The molecule has 0 bridgehead atoms. The molecule has 0 saturated carbocycles. The number of aliphatic imine (C=N–C) groups is 2. The highest BCUT2D eigenvalue weighted by Crippen LogP contribution is 2.43. The van der Waals surface area contributed by atoms with Crippen molar-refractivity contribution in [1.82, 2.24) is 9.88 Å². The maximum absolute atomic E-state index is 5.27. The first-order chi connectivity index (χ1) is 21.7. The first-order valence-electron chi connectivity index (χ1n) is 14.9. The van der Waals surface area contributed by atoms with E-state index in [1.54, 1.807) is 0 Å². The van der Waals surface area contributed by atoms with Crippen molar-refractivity contribution in [3.8, 4) is 11.1 Å². The monoisotopic (exact) mass is 586 g/mol. The van der Waals surface area contributed by atoms with Crippen molar-refractivity contribution >= 4 is 54.0 Å². The molecule has 0 spiro atoms. The van der Waals surface area contributed by atoms with Gasteiger partial charge in [-0.1, -0.05) is 122 Å². The first-order valence-corrected chi connectivity index (χ1v) is 15.8. The van der Waals surface area contributed by atoms with E-state index >= 15 is 0 Å². The van der Waals surface area contributed by atoms with Gasteiger partial charge in [0, 0.05) is 67.3 Å². The van der Waals surface area contributed by atoms with Crippen LogP contribution in [0.15, 0.2) is 149 Å². The van der Waals surface area contributed by atoms with Gasteiger partial charge in [0.2, 0.25) is 0 Å². The van der Waals surface area contributed by atoms with E-state index in [0.717, 1.165) is 33.7 Å². The number of nitrogens with zero attached hydrogens (tertiary/aromatic N) is 4. The van der Waals surface area contributed by atoms with Gasteiger partial charge >= 0.3 is 0 Å². The Balaban J connectivity index is 1.34. The Kier molecular flexibility index (Phi) is 6.54. The molecule has 3 heterocycles. The van der Waals surface area contributed by atoms with Gasteiger partial charge in [-0.25, -0.2) is 9.98 Å². The molecule has 2 unspecified atom stereocenters. The number of fused-ring (bicyclic) bond motifs is 4. The van der Waals surface area contributed by atoms with E-state index in [2.05, 4.69) is 127 Å². The Morgan fingerprint density at radius 3 is 2.45 bits per heavy atom. The zero-order chi connectivity index (χ0) is 29.6. The summed E-state index contributed by atoms with van der Waals surface area (Å²) in [6.07, 6.45) is 14.7. The predicted octanol–water partition coefficient (Wildman–Crippen LogP) is 9.42. The largest absolute Gasteiger partial charge is 0.333 e. The third kappa shape index (κ3) is 4.48. The minimum absolute atomic E-state index is 0.200. The van der Waals surface area contributed by atoms with Crippen molar-refractivity contribution in [2.45, 2.75) is 13.1 Å². The molecule has 0 saturated heterocycles. The number of likely N-dealkylation sites (N-methyl/N-ethyl adjacent to an activating group) is 1. The highest BCUT2D eigenvalue weighted by atomic mass is 32.1. The van der Waals surface area contributed by atoms with Crippen molar-refractivity contribution in [2.24, 2.45) is 15.9 Å². The number of thiophene rings is 1. The number of allylic oxidation sites excluding steroid dienone is 4. The lowest BCUT2D eigenvalue weighted by atomic mass is 9.97. The van der Waals surface area contributed by atoms with E-state index < -0.39 is 0 Å². The molecule has 0 N–H and O–H groups in total. The summed E-state index contributed by atoms with van der Waals surface area (Å²) >= 11 is 1.84. The summed E-state index contributed by atoms with van der Waals surface area (Å²) in [4.78, 5) is 17.3. The summed E-state index contributed by atoms with van der Waals surface area (Å²) in [5.41, 5.74) is 5.65. The molecule has 6 aromatic rings. The predicted molar refractivity (Wildman–Crippen MR) is 187 cm³/mol. The van der Waals surface area contributed by atoms with Crippen LogP contribution in [0.25, 0.3) is 42.1 Å². The SMILES string of the molecule is CC1C=CC=CC(C2N=C(c3ccccc3)N=C(c3cccc4sc5c(-c6cncc7ccccc67)cccc5c34)N2C)=C1. The van der Waals surface area contributed by atoms with Crippen molar-refractivity contribution in [1.29, 1.82) is 0 Å². The van der Waals surface area contributed by atoms with E-state index in [1.165, 1.54) is 36.7 Å². The van der Waals surface area contributed by atoms with E-state index in [-0.39, 0.29) is 6.17 Å². The number of aromatic nitrogens is 1. The molecule has 212 valence electrons. The summed E-state index contributed by atoms with van der Waals surface area (Å²) < 4.78 is 2.50. The molecule has 0 radical (unpaired) electrons. The number of benzene rings is 4. The highest BCUT2D eigenvalue weighted by Gasteiger charge is 2.29. The zero-order valence-corrected chi connectivity index (χ0v) is 25.4. The fourth-order valence-electron chi connectivity index (χ4n) is 6.37. The van der Waals surface area contributed by atoms with Crippen LogP contribution in [-0.4, -0.2) is 34.8 Å². The molecule has 8 rings (SSSR count). The summed E-state index contributed by atoms with van der Waals surface area (Å²) in [6.45, 7) is 2.21. The number of rotatable bonds is 4. The molecule has 1 aliphatic heterocycles. The van der Waals surface area contributed by atoms with Gasteiger partial charge in [-0.05, 0) is 22.9 Å². The van der Waals surface area contributed by atoms with Crippen molar-refractivity contribution < 1.29 is 0 Å². The Labute approximate surface area is 260 Å². The minimum Gasteiger partial charge on any atom is -0.333 e. The molecular formula is C39H30N4S. The smallest absolute Gasteiger partial charge is 0.159 e. The average molecular weight is 587 g/mol. The summed E-state index contributed by atoms with van der Waals surface area (Å²) in [6, 6.07) is 32.0. The summed E-state index contributed by atoms with van der Waals surface area (Å²) in [5, 5.41) is 4.81. The number of hydrogen-bond acceptors (Lipinski definition) is 5. The number of pyridine rings is 1. The van der Waals surface area contributed by atoms with Crippen molar-refractivity contribution in [2.75, 3.05) is 7.05 Å². The van der Waals surface area contributed by atoms with Crippen molar-refractivity contribution in [3.63, 3.8) is 0 Å². The van der Waals surface area contributed by atoms with Crippen LogP contribution in [0.1, 0.15) is 18.1 Å². The Morgan fingerprint density at radius 2 is 1.55 bits per heavy atom. The second-order valence-corrected chi connectivity index (χ2v) is 12.4. The molecule has 44 heavy (non-hydrogen) atoms. The van der Waals surface area contributed by atoms with Crippen LogP contribution >= 0.6 is 11.3 Å². The Bertz CT molecular complexity index is 2210. The molecule has 5 heteroatoms. The van der Waals surface area contributed by atoms with Gasteiger partial charge in [-0.2, -0.15) is 0 Å². The molecular weight excluding hydrogens is 557 g/mol. The van der Waals surface area contributed by atoms with E-state index in [9.17, 15) is 0 Å². The molecule has 2 aliphatic rings. The second kappa shape index (κ2) is 10.9. The van der Waals surface area contributed by atoms with Crippen LogP contribution in [0.4, 0.5) is 0 Å². The van der Waals surface area contributed by atoms with Crippen LogP contribution < -0.4 is 0 Å². The van der Waals surface area contributed by atoms with Crippen molar-refractivity contribution in [3.05, 3.63) is 150 Å². The fourth-order valence-corrected chi connectivity index (χ4v) is 7.63. The molecule has 1 aliphatic carbocycles. The molecule has 4 aromatic carbocycles. The third-order valence-electron chi connectivity index (χ3n) is 8.48. The molecule has 0 amide bonds. The van der Waals surface area contributed by atoms with E-state index in [4.69, 9.17) is 9.98 Å². The van der Waals surface area contributed by atoms with Gasteiger partial charge in [-0.15, -0.1) is 11.3 Å². The highest BCUT2D eigenvalue weighted by molar-refractivity contribution is 7.26. The molecule has 4 nitrogen and oxygen atoms in total. The van der Waals surface area contributed by atoms with Gasteiger partial charge < -0.3 is 4.90 Å². The van der Waals surface area contributed by atoms with Crippen LogP contribution in [0.2, 0.25) is 0 Å². The lowest BCUT2D eigenvalue weighted by molar-refractivity contribution is 0.420. The maximum atomic E-state index is 5.27. The van der Waals surface area contributed by atoms with Gasteiger partial charge in [0.1, 0.15) is 12.0 Å². The van der Waals surface area contributed by atoms with Crippen LogP contribution in [0.5, 0.6) is 0 Å². The van der Waals surface area contributed by atoms with Gasteiger partial charge in [-0.3, -0.25) is 4.98 Å². The Hall–Kier alpha value is -5.13. The Morgan fingerprint density at radius 1 is 0.750 bits per heavy atom. The maximum Gasteiger partial charge on any atom is 0.159 e. The zero-order valence-electron chi connectivity index (χ0n) is 24.6. The van der Waals surface area contributed by atoms with Crippen LogP contribution in [0.3, 0.4) is 0 Å². The second-order valence-electron chi connectivity index (χ2n) is 11.4. The lowest BCUT2D eigenvalue weighted by Crippen LogP contribution is -2.41. The summed E-state index contributed by atoms with van der Waals surface area (Å²) in [7, 11) is 2.12. The standard InChI is InChI=1S/C39H30N4S/c1-25-12-6-7-15-27(22-25)38-41-37(26-13-4-3-5-14-26)42-39(43(38)2)32-20-11-21-34-35(32)31-19-10-18-30(36(31)44-34)33-24-40-23-28-16-8-9-17-29(28)33/h3-25,38H,1-2H3. The quantitative estimate of drug-likeness (QED) is 0.206. The normalized spacial score (nSPS) is 18.4. The van der Waals surface area contributed by atoms with Crippen LogP contribution in [-0.2, 0) is 0 Å². The number of hydrogen-bond donors (Lipinski definition) is 0. The van der Waals surface area contributed by atoms with E-state index in [1.807, 2.05) is 41.9 Å². The van der Waals surface area contributed by atoms with Gasteiger partial charge in [0.15, 0.2) is 5.84 Å². The van der Waals surface area contributed by atoms with Gasteiger partial charge in [0.25, 0.3) is 0 Å². The van der Waals surface area contributed by atoms with Crippen LogP contribution in [0, 0.1) is 5.92 Å². The minimum atomic E-state index is -0.200. The first kappa shape index (κ1) is 26.5. The average Bonchev–Trinajstić information content (AvgIpc) is 3.32. The topological polar surface area (TPSA) is 40.9 Å². The lowest BCUT2D eigenvalue weighted by Gasteiger charge is -2.33. The molecule has 2 atom stereocenters. The molecule has 2 aromatic heterocycles. The number of amidine groups is 2. The third-order valence-corrected chi connectivity index (χ3v) is 9.68. The summed E-state index contributed by atoms with van der Waals surface area (Å²) in [5.74, 6) is 1.99. The molecule has 0 fully saturated rings.